The van der Waals surface area contributed by atoms with Crippen LogP contribution in [0.25, 0.3) is 6.08 Å². The minimum atomic E-state index is -0.671. The largest absolute Gasteiger partial charge is 0.294 e. The van der Waals surface area contributed by atoms with Crippen LogP contribution < -0.4 is 0 Å². The van der Waals surface area contributed by atoms with Crippen molar-refractivity contribution in [2.24, 2.45) is 4.99 Å². The Labute approximate surface area is 166 Å². The van der Waals surface area contributed by atoms with Gasteiger partial charge >= 0.3 is 0 Å². The van der Waals surface area contributed by atoms with Gasteiger partial charge in [-0.1, -0.05) is 6.07 Å². The van der Waals surface area contributed by atoms with Gasteiger partial charge in [-0.05, 0) is 58.7 Å². The number of nitrogens with zero attached hydrogens (tertiary/aromatic N) is 2. The van der Waals surface area contributed by atoms with Gasteiger partial charge in [-0.15, -0.1) is 0 Å². The van der Waals surface area contributed by atoms with Crippen LogP contribution in [0, 0.1) is 11.6 Å². The molecule has 0 atom stereocenters. The zero-order valence-electron chi connectivity index (χ0n) is 15.5. The predicted octanol–water partition coefficient (Wildman–Crippen LogP) is 4.46. The quantitative estimate of drug-likeness (QED) is 0.664. The van der Waals surface area contributed by atoms with E-state index < -0.39 is 11.6 Å². The summed E-state index contributed by atoms with van der Waals surface area (Å²) in [5.74, 6) is -1.46. The number of aromatic nitrogens is 1. The molecule has 3 aromatic rings. The molecule has 2 aliphatic rings. The first-order chi connectivity index (χ1) is 14.1. The van der Waals surface area contributed by atoms with E-state index in [0.29, 0.717) is 24.1 Å². The fourth-order valence-corrected chi connectivity index (χ4v) is 3.99. The molecule has 1 aromatic heterocycles. The lowest BCUT2D eigenvalue weighted by Crippen LogP contribution is -2.07. The average molecular weight is 386 g/mol. The van der Waals surface area contributed by atoms with Crippen molar-refractivity contribution in [3.63, 3.8) is 0 Å². The van der Waals surface area contributed by atoms with Crippen LogP contribution in [-0.4, -0.2) is 16.5 Å². The molecule has 2 aromatic carbocycles. The molecule has 0 unspecified atom stereocenters. The molecule has 0 fully saturated rings. The summed E-state index contributed by atoms with van der Waals surface area (Å²) in [6.07, 6.45) is 5.89. The van der Waals surface area contributed by atoms with Gasteiger partial charge < -0.3 is 0 Å². The van der Waals surface area contributed by atoms with Gasteiger partial charge in [0.15, 0.2) is 5.78 Å². The van der Waals surface area contributed by atoms with Gasteiger partial charge in [-0.3, -0.25) is 14.8 Å². The zero-order chi connectivity index (χ0) is 20.0. The number of ketones is 1. The molecule has 1 aliphatic carbocycles. The van der Waals surface area contributed by atoms with Crippen LogP contribution >= 0.6 is 0 Å². The summed E-state index contributed by atoms with van der Waals surface area (Å²) >= 11 is 0. The molecule has 0 saturated heterocycles. The van der Waals surface area contributed by atoms with Crippen molar-refractivity contribution in [3.05, 3.63) is 105 Å². The van der Waals surface area contributed by atoms with E-state index in [1.807, 2.05) is 18.2 Å². The Balaban J connectivity index is 1.41. The lowest BCUT2D eigenvalue weighted by atomic mass is 9.96. The number of allylic oxidation sites excluding steroid dienone is 1. The van der Waals surface area contributed by atoms with E-state index in [9.17, 15) is 13.6 Å². The first-order valence-electron chi connectivity index (χ1n) is 9.36. The molecule has 0 saturated carbocycles. The van der Waals surface area contributed by atoms with Crippen LogP contribution in [0.4, 0.5) is 8.78 Å². The summed E-state index contributed by atoms with van der Waals surface area (Å²) in [6.45, 7) is 0.617. The van der Waals surface area contributed by atoms with Crippen molar-refractivity contribution >= 4 is 17.6 Å². The topological polar surface area (TPSA) is 42.3 Å². The lowest BCUT2D eigenvalue weighted by Gasteiger charge is -2.07. The molecule has 0 radical (unpaired) electrons. The number of pyridine rings is 1. The van der Waals surface area contributed by atoms with Gasteiger partial charge in [0.1, 0.15) is 11.6 Å². The Morgan fingerprint density at radius 3 is 2.48 bits per heavy atom. The zero-order valence-corrected chi connectivity index (χ0v) is 15.5. The molecule has 2 heterocycles. The Kier molecular flexibility index (Phi) is 4.16. The highest BCUT2D eigenvalue weighted by molar-refractivity contribution is 6.15. The minimum absolute atomic E-state index is 0.0159. The average Bonchev–Trinajstić information content (AvgIpc) is 3.29. The normalized spacial score (nSPS) is 14.3. The molecular weight excluding hydrogens is 370 g/mol. The molecule has 0 N–H and O–H groups in total. The van der Waals surface area contributed by atoms with Crippen molar-refractivity contribution in [2.45, 2.75) is 19.4 Å². The molecule has 5 rings (SSSR count). The Morgan fingerprint density at radius 2 is 1.72 bits per heavy atom. The number of benzene rings is 2. The smallest absolute Gasteiger partial charge is 0.163 e. The molecule has 29 heavy (non-hydrogen) atoms. The summed E-state index contributed by atoms with van der Waals surface area (Å²) in [5.41, 5.74) is 7.27. The highest BCUT2D eigenvalue weighted by atomic mass is 19.1. The number of halogens is 2. The number of carbonyl (C=O) groups is 1. The standard InChI is InChI=1S/C24H16F2N2O/c25-20-5-14(6-21(26)12-20)7-23(29)18-8-16-10-19-13-28-24(15-1-3-27-4-2-15)22(19)11-17(16)9-18/h1-6,9-12H,7-8,13H2. The Bertz CT molecular complexity index is 1190. The minimum Gasteiger partial charge on any atom is -0.294 e. The maximum Gasteiger partial charge on any atom is 0.163 e. The van der Waals surface area contributed by atoms with Gasteiger partial charge in [0, 0.05) is 48.0 Å². The van der Waals surface area contributed by atoms with Crippen molar-refractivity contribution < 1.29 is 13.6 Å². The predicted molar refractivity (Wildman–Crippen MR) is 107 cm³/mol. The molecule has 142 valence electrons. The summed E-state index contributed by atoms with van der Waals surface area (Å²) < 4.78 is 26.8. The molecular formula is C24H16F2N2O. The maximum absolute atomic E-state index is 13.4. The van der Waals surface area contributed by atoms with Crippen molar-refractivity contribution in [1.29, 1.82) is 0 Å². The second-order valence-electron chi connectivity index (χ2n) is 7.33. The van der Waals surface area contributed by atoms with Crippen molar-refractivity contribution in [3.8, 4) is 0 Å². The molecule has 1 aliphatic heterocycles. The van der Waals surface area contributed by atoms with Crippen LogP contribution in [-0.2, 0) is 24.2 Å². The van der Waals surface area contributed by atoms with Crippen LogP contribution in [0.3, 0.4) is 0 Å². The third kappa shape index (κ3) is 3.29. The fraction of sp³-hybridized carbons (Fsp3) is 0.125. The summed E-state index contributed by atoms with van der Waals surface area (Å²) in [6, 6.07) is 11.3. The van der Waals surface area contributed by atoms with E-state index in [-0.39, 0.29) is 12.2 Å². The first-order valence-corrected chi connectivity index (χ1v) is 9.36. The molecule has 5 heteroatoms. The van der Waals surface area contributed by atoms with E-state index in [4.69, 9.17) is 0 Å². The summed E-state index contributed by atoms with van der Waals surface area (Å²) in [4.78, 5) is 21.4. The van der Waals surface area contributed by atoms with Crippen LogP contribution in [0.15, 0.2) is 65.4 Å². The maximum atomic E-state index is 13.4. The van der Waals surface area contributed by atoms with Crippen LogP contribution in [0.1, 0.15) is 33.4 Å². The third-order valence-corrected chi connectivity index (χ3v) is 5.34. The van der Waals surface area contributed by atoms with E-state index in [2.05, 4.69) is 22.1 Å². The summed E-state index contributed by atoms with van der Waals surface area (Å²) in [5, 5.41) is 0. The second-order valence-corrected chi connectivity index (χ2v) is 7.33. The van der Waals surface area contributed by atoms with Crippen molar-refractivity contribution in [2.75, 3.05) is 0 Å². The van der Waals surface area contributed by atoms with Gasteiger partial charge in [-0.2, -0.15) is 0 Å². The Hall–Kier alpha value is -3.47. The number of carbonyl (C=O) groups excluding carboxylic acids is 1. The van der Waals surface area contributed by atoms with Crippen LogP contribution in [0.5, 0.6) is 0 Å². The molecule has 0 spiro atoms. The number of hydrogen-bond acceptors (Lipinski definition) is 3. The Morgan fingerprint density at radius 1 is 0.966 bits per heavy atom. The fourth-order valence-electron chi connectivity index (χ4n) is 3.99. The highest BCUT2D eigenvalue weighted by Crippen LogP contribution is 2.33. The SMILES string of the molecule is O=C(Cc1cc(F)cc(F)c1)C1=Cc2cc3c(cc2C1)CN=C3c1ccncc1. The molecule has 0 bridgehead atoms. The van der Waals surface area contributed by atoms with Gasteiger partial charge in [0.2, 0.25) is 0 Å². The highest BCUT2D eigenvalue weighted by Gasteiger charge is 2.24. The number of hydrogen-bond donors (Lipinski definition) is 0. The van der Waals surface area contributed by atoms with Crippen LogP contribution in [0.2, 0.25) is 0 Å². The van der Waals surface area contributed by atoms with Crippen molar-refractivity contribution in [1.82, 2.24) is 4.98 Å². The van der Waals surface area contributed by atoms with Gasteiger partial charge in [0.05, 0.1) is 12.3 Å². The second kappa shape index (κ2) is 6.85. The molecule has 0 amide bonds. The van der Waals surface area contributed by atoms with E-state index in [0.717, 1.165) is 39.6 Å². The summed E-state index contributed by atoms with van der Waals surface area (Å²) in [7, 11) is 0. The number of fused-ring (bicyclic) bond motifs is 2. The third-order valence-electron chi connectivity index (χ3n) is 5.34. The van der Waals surface area contributed by atoms with Gasteiger partial charge in [-0.25, -0.2) is 8.78 Å². The van der Waals surface area contributed by atoms with E-state index in [1.165, 1.54) is 12.1 Å². The first kappa shape index (κ1) is 17.6. The number of Topliss-reactive ketones (excluding diaryl/α,β-unsaturated/α-hetero) is 1. The number of aliphatic imine (C=N–C) groups is 1. The van der Waals surface area contributed by atoms with E-state index >= 15 is 0 Å². The van der Waals surface area contributed by atoms with Gasteiger partial charge in [0.25, 0.3) is 0 Å². The number of rotatable bonds is 4. The lowest BCUT2D eigenvalue weighted by molar-refractivity contribution is -0.114. The monoisotopic (exact) mass is 386 g/mol. The van der Waals surface area contributed by atoms with E-state index in [1.54, 1.807) is 12.4 Å². The molecule has 3 nitrogen and oxygen atoms in total.